The summed E-state index contributed by atoms with van der Waals surface area (Å²) in [5.74, 6) is 0.0289. The maximum Gasteiger partial charge on any atom is 0.254 e. The molecule has 1 N–H and O–H groups in total. The van der Waals surface area contributed by atoms with Gasteiger partial charge in [0.25, 0.3) is 5.91 Å². The lowest BCUT2D eigenvalue weighted by Crippen LogP contribution is -2.35. The molecular weight excluding hydrogens is 230 g/mol. The zero-order chi connectivity index (χ0) is 12.5. The summed E-state index contributed by atoms with van der Waals surface area (Å²) < 4.78 is 5.35. The quantitative estimate of drug-likeness (QED) is 0.872. The minimum Gasteiger partial charge on any atom is -0.395 e. The molecule has 2 aliphatic rings. The van der Waals surface area contributed by atoms with Crippen LogP contribution < -0.4 is 0 Å². The first-order valence-corrected chi connectivity index (χ1v) is 6.41. The summed E-state index contributed by atoms with van der Waals surface area (Å²) in [6, 6.07) is 6.09. The van der Waals surface area contributed by atoms with E-state index in [0.717, 1.165) is 18.4 Å². The van der Waals surface area contributed by atoms with Crippen LogP contribution in [-0.4, -0.2) is 35.1 Å². The highest BCUT2D eigenvalue weighted by Gasteiger charge is 2.32. The average Bonchev–Trinajstić information content (AvgIpc) is 3.12. The van der Waals surface area contributed by atoms with Crippen molar-refractivity contribution < 1.29 is 14.6 Å². The number of nitrogens with zero attached hydrogens (tertiary/aromatic N) is 1. The Kier molecular flexibility index (Phi) is 3.06. The summed E-state index contributed by atoms with van der Waals surface area (Å²) in [6.45, 7) is 1.69. The van der Waals surface area contributed by atoms with Crippen LogP contribution in [0.3, 0.4) is 0 Å². The fourth-order valence-corrected chi connectivity index (χ4v) is 2.41. The van der Waals surface area contributed by atoms with E-state index in [2.05, 4.69) is 0 Å². The second-order valence-corrected chi connectivity index (χ2v) is 4.93. The van der Waals surface area contributed by atoms with Crippen molar-refractivity contribution >= 4 is 5.91 Å². The molecule has 0 bridgehead atoms. The van der Waals surface area contributed by atoms with Gasteiger partial charge >= 0.3 is 0 Å². The van der Waals surface area contributed by atoms with Gasteiger partial charge in [-0.15, -0.1) is 0 Å². The first-order valence-electron chi connectivity index (χ1n) is 6.41. The molecule has 0 radical (unpaired) electrons. The minimum atomic E-state index is 0.0241. The number of amides is 1. The molecule has 18 heavy (non-hydrogen) atoms. The highest BCUT2D eigenvalue weighted by Crippen LogP contribution is 2.29. The normalized spacial score (nSPS) is 17.6. The molecule has 1 aliphatic carbocycles. The standard InChI is InChI=1S/C14H17NO3/c16-6-5-15(13-3-4-13)14(17)10-1-2-11-8-18-9-12(11)7-10/h1-2,7,13,16H,3-6,8-9H2. The van der Waals surface area contributed by atoms with Crippen LogP contribution in [0.15, 0.2) is 18.2 Å². The van der Waals surface area contributed by atoms with Crippen LogP contribution in [0.5, 0.6) is 0 Å². The van der Waals surface area contributed by atoms with Crippen molar-refractivity contribution in [2.75, 3.05) is 13.2 Å². The van der Waals surface area contributed by atoms with E-state index in [1.54, 1.807) is 4.90 Å². The van der Waals surface area contributed by atoms with E-state index in [4.69, 9.17) is 9.84 Å². The van der Waals surface area contributed by atoms with Crippen LogP contribution in [-0.2, 0) is 18.0 Å². The summed E-state index contributed by atoms with van der Waals surface area (Å²) in [5, 5.41) is 9.05. The van der Waals surface area contributed by atoms with E-state index in [-0.39, 0.29) is 12.5 Å². The van der Waals surface area contributed by atoms with Gasteiger partial charge in [0.2, 0.25) is 0 Å². The lowest BCUT2D eigenvalue weighted by molar-refractivity contribution is 0.0707. The molecule has 1 amide bonds. The molecule has 0 saturated heterocycles. The summed E-state index contributed by atoms with van der Waals surface area (Å²) in [6.07, 6.45) is 2.11. The molecule has 1 saturated carbocycles. The third kappa shape index (κ3) is 2.13. The van der Waals surface area contributed by atoms with Crippen LogP contribution >= 0.6 is 0 Å². The lowest BCUT2D eigenvalue weighted by Gasteiger charge is -2.21. The number of fused-ring (bicyclic) bond motifs is 1. The molecule has 1 aromatic carbocycles. The number of aliphatic hydroxyl groups excluding tert-OH is 1. The van der Waals surface area contributed by atoms with Gasteiger partial charge in [-0.1, -0.05) is 6.07 Å². The van der Waals surface area contributed by atoms with E-state index in [0.29, 0.717) is 31.4 Å². The molecule has 4 heteroatoms. The largest absolute Gasteiger partial charge is 0.395 e. The fourth-order valence-electron chi connectivity index (χ4n) is 2.41. The van der Waals surface area contributed by atoms with E-state index < -0.39 is 0 Å². The Morgan fingerprint density at radius 2 is 2.11 bits per heavy atom. The number of ether oxygens (including phenoxy) is 1. The van der Waals surface area contributed by atoms with Gasteiger partial charge in [-0.3, -0.25) is 4.79 Å². The Morgan fingerprint density at radius 3 is 2.83 bits per heavy atom. The molecular formula is C14H17NO3. The topological polar surface area (TPSA) is 49.8 Å². The van der Waals surface area contributed by atoms with Gasteiger partial charge < -0.3 is 14.7 Å². The number of benzene rings is 1. The molecule has 3 rings (SSSR count). The van der Waals surface area contributed by atoms with Gasteiger partial charge in [-0.2, -0.15) is 0 Å². The van der Waals surface area contributed by atoms with E-state index in [1.807, 2.05) is 18.2 Å². The number of hydrogen-bond acceptors (Lipinski definition) is 3. The molecule has 1 aromatic rings. The van der Waals surface area contributed by atoms with Crippen molar-refractivity contribution in [1.82, 2.24) is 4.90 Å². The highest BCUT2D eigenvalue weighted by atomic mass is 16.5. The Balaban J connectivity index is 1.82. The van der Waals surface area contributed by atoms with E-state index in [1.165, 1.54) is 5.56 Å². The molecule has 96 valence electrons. The number of hydrogen-bond donors (Lipinski definition) is 1. The van der Waals surface area contributed by atoms with Crippen molar-refractivity contribution in [3.8, 4) is 0 Å². The first-order chi connectivity index (χ1) is 8.79. The number of rotatable bonds is 4. The minimum absolute atomic E-state index is 0.0241. The number of carbonyl (C=O) groups is 1. The Labute approximate surface area is 106 Å². The molecule has 0 aromatic heterocycles. The molecule has 1 fully saturated rings. The van der Waals surface area contributed by atoms with Gasteiger partial charge in [0.1, 0.15) is 0 Å². The summed E-state index contributed by atoms with van der Waals surface area (Å²) in [4.78, 5) is 14.2. The maximum absolute atomic E-state index is 12.4. The molecule has 1 aliphatic heterocycles. The van der Waals surface area contributed by atoms with Crippen LogP contribution in [0, 0.1) is 0 Å². The predicted octanol–water partition coefficient (Wildman–Crippen LogP) is 1.31. The Bertz CT molecular complexity index is 468. The Morgan fingerprint density at radius 1 is 1.33 bits per heavy atom. The maximum atomic E-state index is 12.4. The summed E-state index contributed by atoms with van der Waals surface area (Å²) in [7, 11) is 0. The van der Waals surface area contributed by atoms with Crippen molar-refractivity contribution in [3.05, 3.63) is 34.9 Å². The summed E-state index contributed by atoms with van der Waals surface area (Å²) >= 11 is 0. The van der Waals surface area contributed by atoms with E-state index in [9.17, 15) is 4.79 Å². The van der Waals surface area contributed by atoms with Crippen LogP contribution in [0.1, 0.15) is 34.3 Å². The monoisotopic (exact) mass is 247 g/mol. The van der Waals surface area contributed by atoms with Crippen LogP contribution in [0.2, 0.25) is 0 Å². The van der Waals surface area contributed by atoms with Crippen LogP contribution in [0.25, 0.3) is 0 Å². The number of aliphatic hydroxyl groups is 1. The Hall–Kier alpha value is -1.39. The lowest BCUT2D eigenvalue weighted by atomic mass is 10.1. The SMILES string of the molecule is O=C(c1ccc2c(c1)COC2)N(CCO)C1CC1. The van der Waals surface area contributed by atoms with E-state index >= 15 is 0 Å². The highest BCUT2D eigenvalue weighted by molar-refractivity contribution is 5.95. The van der Waals surface area contributed by atoms with Crippen molar-refractivity contribution in [2.45, 2.75) is 32.1 Å². The second-order valence-electron chi connectivity index (χ2n) is 4.93. The van der Waals surface area contributed by atoms with Crippen molar-refractivity contribution in [3.63, 3.8) is 0 Å². The number of carbonyl (C=O) groups excluding carboxylic acids is 1. The van der Waals surface area contributed by atoms with Gasteiger partial charge in [0.15, 0.2) is 0 Å². The van der Waals surface area contributed by atoms with Gasteiger partial charge in [0, 0.05) is 18.2 Å². The average molecular weight is 247 g/mol. The molecule has 1 heterocycles. The zero-order valence-electron chi connectivity index (χ0n) is 10.3. The molecule has 4 nitrogen and oxygen atoms in total. The zero-order valence-corrected chi connectivity index (χ0v) is 10.3. The fraction of sp³-hybridized carbons (Fsp3) is 0.500. The third-order valence-corrected chi connectivity index (χ3v) is 3.56. The summed E-state index contributed by atoms with van der Waals surface area (Å²) in [5.41, 5.74) is 2.99. The van der Waals surface area contributed by atoms with Gasteiger partial charge in [-0.25, -0.2) is 0 Å². The first kappa shape index (κ1) is 11.7. The molecule has 0 unspecified atom stereocenters. The van der Waals surface area contributed by atoms with Crippen molar-refractivity contribution in [1.29, 1.82) is 0 Å². The molecule has 0 atom stereocenters. The predicted molar refractivity (Wildman–Crippen MR) is 66.1 cm³/mol. The second kappa shape index (κ2) is 4.71. The van der Waals surface area contributed by atoms with Gasteiger partial charge in [-0.05, 0) is 36.1 Å². The van der Waals surface area contributed by atoms with Crippen LogP contribution in [0.4, 0.5) is 0 Å². The smallest absolute Gasteiger partial charge is 0.254 e. The van der Waals surface area contributed by atoms with Crippen molar-refractivity contribution in [2.24, 2.45) is 0 Å². The van der Waals surface area contributed by atoms with Gasteiger partial charge in [0.05, 0.1) is 19.8 Å². The third-order valence-electron chi connectivity index (χ3n) is 3.56. The molecule has 0 spiro atoms.